The van der Waals surface area contributed by atoms with Gasteiger partial charge in [-0.15, -0.1) is 0 Å². The summed E-state index contributed by atoms with van der Waals surface area (Å²) in [4.78, 5) is 0. The van der Waals surface area contributed by atoms with E-state index in [1.54, 1.807) is 12.1 Å². The lowest BCUT2D eigenvalue weighted by atomic mass is 10.2. The zero-order valence-electron chi connectivity index (χ0n) is 11.3. The van der Waals surface area contributed by atoms with Crippen molar-refractivity contribution in [1.29, 1.82) is 0 Å². The van der Waals surface area contributed by atoms with Crippen molar-refractivity contribution >= 4 is 5.69 Å². The van der Waals surface area contributed by atoms with Gasteiger partial charge in [0, 0.05) is 23.9 Å². The summed E-state index contributed by atoms with van der Waals surface area (Å²) in [5.74, 6) is 0.887. The minimum absolute atomic E-state index is 0.00874. The van der Waals surface area contributed by atoms with Crippen LogP contribution in [0.15, 0.2) is 42.5 Å². The molecule has 0 unspecified atom stereocenters. The second-order valence-corrected chi connectivity index (χ2v) is 4.56. The molecule has 0 bridgehead atoms. The van der Waals surface area contributed by atoms with Crippen LogP contribution in [0.2, 0.25) is 0 Å². The van der Waals surface area contributed by atoms with E-state index in [2.05, 4.69) is 4.74 Å². The molecular formula is C15H14F3NO2. The van der Waals surface area contributed by atoms with Gasteiger partial charge < -0.3 is 15.2 Å². The minimum atomic E-state index is -4.40. The van der Waals surface area contributed by atoms with Crippen molar-refractivity contribution in [2.45, 2.75) is 13.1 Å². The summed E-state index contributed by atoms with van der Waals surface area (Å²) in [6.45, 7) is 0.563. The fraction of sp³-hybridized carbons (Fsp3) is 0.200. The van der Waals surface area contributed by atoms with Crippen LogP contribution in [0.25, 0.3) is 0 Å². The minimum Gasteiger partial charge on any atom is -0.484 e. The van der Waals surface area contributed by atoms with Gasteiger partial charge in [-0.2, -0.15) is 13.2 Å². The lowest BCUT2D eigenvalue weighted by Crippen LogP contribution is -2.19. The topological polar surface area (TPSA) is 44.5 Å². The second kappa shape index (κ2) is 5.95. The van der Waals surface area contributed by atoms with E-state index >= 15 is 0 Å². The lowest BCUT2D eigenvalue weighted by Gasteiger charge is -2.12. The van der Waals surface area contributed by atoms with Gasteiger partial charge in [-0.25, -0.2) is 0 Å². The monoisotopic (exact) mass is 297 g/mol. The van der Waals surface area contributed by atoms with Crippen LogP contribution in [0.5, 0.6) is 17.2 Å². The first-order chi connectivity index (χ1) is 9.82. The number of aryl methyl sites for hydroxylation is 1. The molecule has 0 aliphatic rings. The van der Waals surface area contributed by atoms with Crippen LogP contribution in [0.3, 0.4) is 0 Å². The van der Waals surface area contributed by atoms with E-state index in [1.807, 2.05) is 19.1 Å². The second-order valence-electron chi connectivity index (χ2n) is 4.56. The summed E-state index contributed by atoms with van der Waals surface area (Å²) in [7, 11) is 0. The van der Waals surface area contributed by atoms with E-state index < -0.39 is 12.8 Å². The molecule has 0 radical (unpaired) electrons. The molecule has 2 rings (SSSR count). The zero-order chi connectivity index (χ0) is 15.5. The molecular weight excluding hydrogens is 283 g/mol. The van der Waals surface area contributed by atoms with Crippen molar-refractivity contribution in [3.05, 3.63) is 48.0 Å². The highest BCUT2D eigenvalue weighted by atomic mass is 19.4. The van der Waals surface area contributed by atoms with E-state index in [1.165, 1.54) is 18.2 Å². The van der Waals surface area contributed by atoms with E-state index in [9.17, 15) is 13.2 Å². The molecule has 2 N–H and O–H groups in total. The van der Waals surface area contributed by atoms with Crippen LogP contribution < -0.4 is 15.2 Å². The average molecular weight is 297 g/mol. The Hall–Kier alpha value is -2.37. The molecule has 0 aliphatic heterocycles. The summed E-state index contributed by atoms with van der Waals surface area (Å²) < 4.78 is 46.6. The molecule has 0 atom stereocenters. The fourth-order valence-corrected chi connectivity index (χ4v) is 1.64. The predicted octanol–water partition coefficient (Wildman–Crippen LogP) is 4.31. The van der Waals surface area contributed by atoms with E-state index in [0.717, 1.165) is 5.56 Å². The van der Waals surface area contributed by atoms with Gasteiger partial charge in [-0.1, -0.05) is 17.7 Å². The standard InChI is InChI=1S/C15H14F3NO2/c1-10-2-4-12(5-3-10)21-14-7-11(19)6-13(8-14)20-9-15(16,17)18/h2-8H,9,19H2,1H3. The van der Waals surface area contributed by atoms with Crippen molar-refractivity contribution in [3.8, 4) is 17.2 Å². The Balaban J connectivity index is 2.13. The van der Waals surface area contributed by atoms with Gasteiger partial charge >= 0.3 is 6.18 Å². The molecule has 0 spiro atoms. The van der Waals surface area contributed by atoms with E-state index in [0.29, 0.717) is 11.5 Å². The van der Waals surface area contributed by atoms with Crippen LogP contribution in [0, 0.1) is 6.92 Å². The maximum absolute atomic E-state index is 12.1. The number of benzene rings is 2. The Morgan fingerprint density at radius 1 is 0.952 bits per heavy atom. The molecule has 6 heteroatoms. The van der Waals surface area contributed by atoms with Gasteiger partial charge in [-0.05, 0) is 19.1 Å². The van der Waals surface area contributed by atoms with Crippen LogP contribution in [0.1, 0.15) is 5.56 Å². The lowest BCUT2D eigenvalue weighted by molar-refractivity contribution is -0.153. The maximum atomic E-state index is 12.1. The number of hydrogen-bond acceptors (Lipinski definition) is 3. The molecule has 0 aliphatic carbocycles. The molecule has 21 heavy (non-hydrogen) atoms. The number of anilines is 1. The summed E-state index contributed by atoms with van der Waals surface area (Å²) in [5.41, 5.74) is 6.97. The molecule has 0 fully saturated rings. The zero-order valence-corrected chi connectivity index (χ0v) is 11.3. The Labute approximate surface area is 120 Å². The van der Waals surface area contributed by atoms with Crippen molar-refractivity contribution in [2.24, 2.45) is 0 Å². The van der Waals surface area contributed by atoms with Crippen LogP contribution >= 0.6 is 0 Å². The first-order valence-corrected chi connectivity index (χ1v) is 6.16. The summed E-state index contributed by atoms with van der Waals surface area (Å²) in [6.07, 6.45) is -4.40. The Kier molecular flexibility index (Phi) is 4.26. The molecule has 3 nitrogen and oxygen atoms in total. The third-order valence-corrected chi connectivity index (χ3v) is 2.56. The number of hydrogen-bond donors (Lipinski definition) is 1. The number of rotatable bonds is 4. The Bertz CT molecular complexity index is 609. The number of alkyl halides is 3. The van der Waals surface area contributed by atoms with E-state index in [-0.39, 0.29) is 11.4 Å². The third-order valence-electron chi connectivity index (χ3n) is 2.56. The largest absolute Gasteiger partial charge is 0.484 e. The van der Waals surface area contributed by atoms with Gasteiger partial charge in [0.2, 0.25) is 0 Å². The van der Waals surface area contributed by atoms with Gasteiger partial charge in [0.15, 0.2) is 6.61 Å². The molecule has 112 valence electrons. The first-order valence-electron chi connectivity index (χ1n) is 6.16. The molecule has 0 aromatic heterocycles. The third kappa shape index (κ3) is 4.91. The predicted molar refractivity (Wildman–Crippen MR) is 73.7 cm³/mol. The highest BCUT2D eigenvalue weighted by molar-refractivity contribution is 5.51. The summed E-state index contributed by atoms with van der Waals surface area (Å²) in [5, 5.41) is 0. The molecule has 2 aromatic rings. The quantitative estimate of drug-likeness (QED) is 0.855. The van der Waals surface area contributed by atoms with Crippen LogP contribution in [-0.2, 0) is 0 Å². The molecule has 0 amide bonds. The number of nitrogen functional groups attached to an aromatic ring is 1. The van der Waals surface area contributed by atoms with Crippen molar-refractivity contribution in [1.82, 2.24) is 0 Å². The fourth-order valence-electron chi connectivity index (χ4n) is 1.64. The first kappa shape index (κ1) is 15.0. The SMILES string of the molecule is Cc1ccc(Oc2cc(N)cc(OCC(F)(F)F)c2)cc1. The smallest absolute Gasteiger partial charge is 0.422 e. The number of ether oxygens (including phenoxy) is 2. The molecule has 0 saturated heterocycles. The number of halogens is 3. The molecule has 0 heterocycles. The van der Waals surface area contributed by atoms with Gasteiger partial charge in [0.05, 0.1) is 0 Å². The average Bonchev–Trinajstić information content (AvgIpc) is 2.38. The van der Waals surface area contributed by atoms with Crippen LogP contribution in [-0.4, -0.2) is 12.8 Å². The van der Waals surface area contributed by atoms with Gasteiger partial charge in [0.25, 0.3) is 0 Å². The van der Waals surface area contributed by atoms with Crippen molar-refractivity contribution in [3.63, 3.8) is 0 Å². The van der Waals surface area contributed by atoms with Crippen LogP contribution in [0.4, 0.5) is 18.9 Å². The number of nitrogens with two attached hydrogens (primary N) is 1. The maximum Gasteiger partial charge on any atom is 0.422 e. The normalized spacial score (nSPS) is 11.2. The molecule has 0 saturated carbocycles. The summed E-state index contributed by atoms with van der Waals surface area (Å²) in [6, 6.07) is 11.4. The Morgan fingerprint density at radius 2 is 1.57 bits per heavy atom. The highest BCUT2D eigenvalue weighted by Gasteiger charge is 2.28. The van der Waals surface area contributed by atoms with Crippen molar-refractivity contribution < 1.29 is 22.6 Å². The van der Waals surface area contributed by atoms with Gasteiger partial charge in [0.1, 0.15) is 17.2 Å². The van der Waals surface area contributed by atoms with Crippen molar-refractivity contribution in [2.75, 3.05) is 12.3 Å². The summed E-state index contributed by atoms with van der Waals surface area (Å²) >= 11 is 0. The Morgan fingerprint density at radius 3 is 2.19 bits per heavy atom. The van der Waals surface area contributed by atoms with E-state index in [4.69, 9.17) is 10.5 Å². The highest BCUT2D eigenvalue weighted by Crippen LogP contribution is 2.29. The molecule has 2 aromatic carbocycles. The van der Waals surface area contributed by atoms with Gasteiger partial charge in [-0.3, -0.25) is 0 Å².